The van der Waals surface area contributed by atoms with Gasteiger partial charge in [0, 0.05) is 18.4 Å². The maximum absolute atomic E-state index is 13.1. The molecule has 2 aromatic rings. The normalized spacial score (nSPS) is 10.8. The van der Waals surface area contributed by atoms with Gasteiger partial charge in [0.05, 0.1) is 0 Å². The van der Waals surface area contributed by atoms with E-state index in [-0.39, 0.29) is 11.4 Å². The fourth-order valence-electron chi connectivity index (χ4n) is 2.21. The average molecular weight is 323 g/mol. The van der Waals surface area contributed by atoms with Gasteiger partial charge < -0.3 is 10.6 Å². The third-order valence-electron chi connectivity index (χ3n) is 3.44. The van der Waals surface area contributed by atoms with Gasteiger partial charge in [-0.15, -0.1) is 0 Å². The third kappa shape index (κ3) is 4.68. The summed E-state index contributed by atoms with van der Waals surface area (Å²) in [7, 11) is 0. The van der Waals surface area contributed by atoms with Crippen LogP contribution < -0.4 is 10.6 Å². The van der Waals surface area contributed by atoms with Gasteiger partial charge in [-0.2, -0.15) is 5.26 Å². The van der Waals surface area contributed by atoms with Crippen molar-refractivity contribution in [1.29, 1.82) is 5.26 Å². The standard InChI is InChI=1S/C19H18FN3O/c1-13-6-7-18(14(2)8-13)23-19(24)16(10-21)12-22-11-15-4-3-5-17(20)9-15/h3-9,12,22H,11H2,1-2H3,(H,23,24)/b16-12-. The number of anilines is 1. The van der Waals surface area contributed by atoms with Crippen LogP contribution in [0.5, 0.6) is 0 Å². The first-order valence-corrected chi connectivity index (χ1v) is 7.46. The number of carbonyl (C=O) groups excluding carboxylic acids is 1. The van der Waals surface area contributed by atoms with Gasteiger partial charge in [-0.05, 0) is 43.2 Å². The van der Waals surface area contributed by atoms with Gasteiger partial charge in [-0.1, -0.05) is 29.8 Å². The number of rotatable bonds is 5. The molecule has 0 saturated heterocycles. The van der Waals surface area contributed by atoms with Crippen LogP contribution in [0, 0.1) is 31.0 Å². The lowest BCUT2D eigenvalue weighted by molar-refractivity contribution is -0.112. The highest BCUT2D eigenvalue weighted by Gasteiger charge is 2.10. The summed E-state index contributed by atoms with van der Waals surface area (Å²) in [6.45, 7) is 4.18. The Morgan fingerprint density at radius 1 is 1.25 bits per heavy atom. The highest BCUT2D eigenvalue weighted by molar-refractivity contribution is 6.06. The number of hydrogen-bond acceptors (Lipinski definition) is 3. The van der Waals surface area contributed by atoms with E-state index >= 15 is 0 Å². The lowest BCUT2D eigenvalue weighted by Gasteiger charge is -2.09. The zero-order valence-electron chi connectivity index (χ0n) is 13.6. The van der Waals surface area contributed by atoms with E-state index in [1.807, 2.05) is 32.0 Å². The van der Waals surface area contributed by atoms with Gasteiger partial charge in [0.15, 0.2) is 0 Å². The monoisotopic (exact) mass is 323 g/mol. The first-order chi connectivity index (χ1) is 11.5. The molecule has 5 heteroatoms. The zero-order valence-corrected chi connectivity index (χ0v) is 13.6. The minimum absolute atomic E-state index is 0.0496. The molecule has 0 aliphatic rings. The number of aryl methyl sites for hydroxylation is 2. The van der Waals surface area contributed by atoms with E-state index in [9.17, 15) is 9.18 Å². The molecule has 2 aromatic carbocycles. The molecule has 24 heavy (non-hydrogen) atoms. The fraction of sp³-hybridized carbons (Fsp3) is 0.158. The molecule has 0 bridgehead atoms. The van der Waals surface area contributed by atoms with Crippen LogP contribution >= 0.6 is 0 Å². The predicted molar refractivity (Wildman–Crippen MR) is 91.5 cm³/mol. The molecule has 0 aliphatic heterocycles. The van der Waals surface area contributed by atoms with E-state index in [1.165, 1.54) is 18.3 Å². The number of benzene rings is 2. The smallest absolute Gasteiger partial charge is 0.267 e. The highest BCUT2D eigenvalue weighted by Crippen LogP contribution is 2.16. The lowest BCUT2D eigenvalue weighted by atomic mass is 10.1. The number of halogens is 1. The number of nitrogens with one attached hydrogen (secondary N) is 2. The van der Waals surface area contributed by atoms with Crippen molar-refractivity contribution in [1.82, 2.24) is 5.32 Å². The summed E-state index contributed by atoms with van der Waals surface area (Å²) in [5.74, 6) is -0.817. The molecule has 1 amide bonds. The van der Waals surface area contributed by atoms with Gasteiger partial charge in [0.2, 0.25) is 0 Å². The van der Waals surface area contributed by atoms with Gasteiger partial charge in [0.1, 0.15) is 17.5 Å². The molecule has 4 nitrogen and oxygen atoms in total. The molecule has 0 fully saturated rings. The second kappa shape index (κ2) is 7.93. The van der Waals surface area contributed by atoms with Crippen LogP contribution in [-0.2, 0) is 11.3 Å². The topological polar surface area (TPSA) is 64.9 Å². The van der Waals surface area contributed by atoms with Crippen LogP contribution in [0.2, 0.25) is 0 Å². The summed E-state index contributed by atoms with van der Waals surface area (Å²) in [6, 6.07) is 13.6. The fourth-order valence-corrected chi connectivity index (χ4v) is 2.21. The first-order valence-electron chi connectivity index (χ1n) is 7.46. The van der Waals surface area contributed by atoms with Crippen molar-refractivity contribution in [3.63, 3.8) is 0 Å². The molecular formula is C19H18FN3O. The summed E-state index contributed by atoms with van der Waals surface area (Å²) in [5, 5.41) is 14.7. The molecule has 2 rings (SSSR count). The summed E-state index contributed by atoms with van der Waals surface area (Å²) in [6.07, 6.45) is 1.34. The number of nitrogens with zero attached hydrogens (tertiary/aromatic N) is 1. The maximum atomic E-state index is 13.1. The molecular weight excluding hydrogens is 305 g/mol. The van der Waals surface area contributed by atoms with E-state index in [1.54, 1.807) is 18.2 Å². The zero-order chi connectivity index (χ0) is 17.5. The van der Waals surface area contributed by atoms with Crippen molar-refractivity contribution in [2.45, 2.75) is 20.4 Å². The van der Waals surface area contributed by atoms with E-state index < -0.39 is 5.91 Å². The molecule has 0 saturated carbocycles. The van der Waals surface area contributed by atoms with Gasteiger partial charge in [0.25, 0.3) is 5.91 Å². The van der Waals surface area contributed by atoms with Crippen molar-refractivity contribution >= 4 is 11.6 Å². The Morgan fingerprint density at radius 2 is 2.04 bits per heavy atom. The third-order valence-corrected chi connectivity index (χ3v) is 3.44. The quantitative estimate of drug-likeness (QED) is 0.653. The second-order valence-electron chi connectivity index (χ2n) is 5.45. The summed E-state index contributed by atoms with van der Waals surface area (Å²) in [5.41, 5.74) is 3.35. The summed E-state index contributed by atoms with van der Waals surface area (Å²) in [4.78, 5) is 12.2. The van der Waals surface area contributed by atoms with Crippen LogP contribution in [0.1, 0.15) is 16.7 Å². The molecule has 0 heterocycles. The molecule has 0 radical (unpaired) electrons. The largest absolute Gasteiger partial charge is 0.386 e. The number of carbonyl (C=O) groups is 1. The van der Waals surface area contributed by atoms with Gasteiger partial charge in [-0.25, -0.2) is 4.39 Å². The average Bonchev–Trinajstić information content (AvgIpc) is 2.54. The minimum Gasteiger partial charge on any atom is -0.386 e. The van der Waals surface area contributed by atoms with Crippen molar-refractivity contribution in [2.24, 2.45) is 0 Å². The summed E-state index contributed by atoms with van der Waals surface area (Å²) < 4.78 is 13.1. The Bertz CT molecular complexity index is 822. The van der Waals surface area contributed by atoms with Crippen LogP contribution in [-0.4, -0.2) is 5.91 Å². The molecule has 0 unspecified atom stereocenters. The Morgan fingerprint density at radius 3 is 2.71 bits per heavy atom. The van der Waals surface area contributed by atoms with Crippen LogP contribution in [0.4, 0.5) is 10.1 Å². The maximum Gasteiger partial charge on any atom is 0.267 e. The minimum atomic E-state index is -0.490. The highest BCUT2D eigenvalue weighted by atomic mass is 19.1. The lowest BCUT2D eigenvalue weighted by Crippen LogP contribution is -2.17. The molecule has 0 aromatic heterocycles. The van der Waals surface area contributed by atoms with E-state index in [0.717, 1.165) is 16.7 Å². The van der Waals surface area contributed by atoms with E-state index in [0.29, 0.717) is 12.2 Å². The Kier molecular flexibility index (Phi) is 5.69. The van der Waals surface area contributed by atoms with Gasteiger partial charge >= 0.3 is 0 Å². The first kappa shape index (κ1) is 17.2. The van der Waals surface area contributed by atoms with Crippen molar-refractivity contribution < 1.29 is 9.18 Å². The van der Waals surface area contributed by atoms with Gasteiger partial charge in [-0.3, -0.25) is 4.79 Å². The number of nitriles is 1. The molecule has 0 aliphatic carbocycles. The Hall–Kier alpha value is -3.13. The van der Waals surface area contributed by atoms with Crippen LogP contribution in [0.3, 0.4) is 0 Å². The second-order valence-corrected chi connectivity index (χ2v) is 5.45. The molecule has 2 N–H and O–H groups in total. The van der Waals surface area contributed by atoms with Crippen LogP contribution in [0.15, 0.2) is 54.2 Å². The molecule has 0 atom stereocenters. The van der Waals surface area contributed by atoms with Crippen molar-refractivity contribution in [3.05, 3.63) is 76.7 Å². The molecule has 122 valence electrons. The number of amides is 1. The van der Waals surface area contributed by atoms with Crippen molar-refractivity contribution in [3.8, 4) is 6.07 Å². The Labute approximate surface area is 140 Å². The van der Waals surface area contributed by atoms with Crippen molar-refractivity contribution in [2.75, 3.05) is 5.32 Å². The summed E-state index contributed by atoms with van der Waals surface area (Å²) >= 11 is 0. The molecule has 0 spiro atoms. The predicted octanol–water partition coefficient (Wildman–Crippen LogP) is 3.58. The Balaban J connectivity index is 2.01. The number of hydrogen-bond donors (Lipinski definition) is 2. The van der Waals surface area contributed by atoms with E-state index in [4.69, 9.17) is 5.26 Å². The van der Waals surface area contributed by atoms with Crippen LogP contribution in [0.25, 0.3) is 0 Å². The SMILES string of the molecule is Cc1ccc(NC(=O)/C(C#N)=C\NCc2cccc(F)c2)c(C)c1. The van der Waals surface area contributed by atoms with E-state index in [2.05, 4.69) is 10.6 Å².